The number of aromatic amines is 1. The number of fused-ring (bicyclic) bond motifs is 1. The van der Waals surface area contributed by atoms with Crippen LogP contribution in [0.3, 0.4) is 0 Å². The van der Waals surface area contributed by atoms with Crippen LogP contribution in [-0.4, -0.2) is 29.4 Å². The van der Waals surface area contributed by atoms with Crippen molar-refractivity contribution in [2.24, 2.45) is 4.99 Å². The molecule has 3 aromatic rings. The standard InChI is InChI=1S/C16H12F3N3.C4H8O.3ClH.Y/c17-16(18,19)12-6-2-1-5-11(12)9-20-10-15-21-13-7-3-4-8-14(13)22-15;1-2-4-5-3-1;;;;/h1-8,10H,9H2,(H,21,22);1-4H2;3*1H;/q;;;;;+3/p-3. The fraction of sp³-hybridized carbons (Fsp3) is 0.300. The zero-order valence-corrected chi connectivity index (χ0v) is 21.5. The molecule has 0 bridgehead atoms. The van der Waals surface area contributed by atoms with Gasteiger partial charge in [0, 0.05) is 13.2 Å². The molecule has 0 atom stereocenters. The van der Waals surface area contributed by atoms with Crippen molar-refractivity contribution in [2.45, 2.75) is 25.6 Å². The number of H-pyrrole nitrogens is 1. The molecule has 11 heteroatoms. The third-order valence-corrected chi connectivity index (χ3v) is 4.03. The molecule has 0 aliphatic carbocycles. The van der Waals surface area contributed by atoms with Gasteiger partial charge in [0.2, 0.25) is 0 Å². The summed E-state index contributed by atoms with van der Waals surface area (Å²) >= 11 is -2.22. The van der Waals surface area contributed by atoms with E-state index in [1.54, 1.807) is 6.07 Å². The first-order chi connectivity index (χ1) is 14.8. The Labute approximate surface area is 198 Å². The van der Waals surface area contributed by atoms with E-state index in [0.29, 0.717) is 5.82 Å². The molecule has 2 aromatic carbocycles. The van der Waals surface area contributed by atoms with E-state index in [1.165, 1.54) is 31.2 Å². The molecule has 1 N–H and O–H groups in total. The van der Waals surface area contributed by atoms with Gasteiger partial charge < -0.3 is 9.72 Å². The molecule has 4 nitrogen and oxygen atoms in total. The molecular formula is C20H20Cl3F3N3OY. The Bertz CT molecular complexity index is 920. The van der Waals surface area contributed by atoms with Gasteiger partial charge in [-0.05, 0) is 36.6 Å². The van der Waals surface area contributed by atoms with Crippen LogP contribution in [0.4, 0.5) is 13.2 Å². The second-order valence-electron chi connectivity index (χ2n) is 6.33. The summed E-state index contributed by atoms with van der Waals surface area (Å²) in [5.41, 5.74) is 1.14. The number of nitrogens with one attached hydrogen (secondary N) is 1. The van der Waals surface area contributed by atoms with E-state index in [4.69, 9.17) is 26.7 Å². The number of halogens is 6. The van der Waals surface area contributed by atoms with Crippen LogP contribution in [0.15, 0.2) is 53.5 Å². The second-order valence-corrected chi connectivity index (χ2v) is 19.3. The van der Waals surface area contributed by atoms with Crippen molar-refractivity contribution in [3.8, 4) is 0 Å². The Balaban J connectivity index is 0.000000317. The molecule has 2 heterocycles. The summed E-state index contributed by atoms with van der Waals surface area (Å²) in [5.74, 6) is 0.519. The predicted octanol–water partition coefficient (Wildman–Crippen LogP) is 7.06. The SMILES string of the molecule is C1CCOC1.FC(F)(F)c1ccccc1CN=Cc1nc2ccccc2[nH]1.[Cl][Y]([Cl])[Cl]. The predicted molar refractivity (Wildman–Crippen MR) is 116 cm³/mol. The Morgan fingerprint density at radius 2 is 1.65 bits per heavy atom. The number of imidazole rings is 1. The van der Waals surface area contributed by atoms with E-state index in [-0.39, 0.29) is 12.1 Å². The molecular weight excluding hydrogens is 550 g/mol. The Hall–Kier alpha value is -0.696. The number of aliphatic imine (C=N–C) groups is 1. The van der Waals surface area contributed by atoms with Crippen LogP contribution in [0.5, 0.6) is 0 Å². The van der Waals surface area contributed by atoms with Gasteiger partial charge in [-0.1, -0.05) is 30.3 Å². The quantitative estimate of drug-likeness (QED) is 0.343. The van der Waals surface area contributed by atoms with Crippen LogP contribution in [0, 0.1) is 0 Å². The van der Waals surface area contributed by atoms with Crippen LogP contribution in [-0.2, 0) is 40.8 Å². The summed E-state index contributed by atoms with van der Waals surface area (Å²) < 4.78 is 43.5. The van der Waals surface area contributed by atoms with Crippen molar-refractivity contribution in [2.75, 3.05) is 13.2 Å². The van der Waals surface area contributed by atoms with Crippen molar-refractivity contribution in [1.29, 1.82) is 0 Å². The van der Waals surface area contributed by atoms with Gasteiger partial charge in [-0.25, -0.2) is 4.98 Å². The van der Waals surface area contributed by atoms with Gasteiger partial charge in [0.05, 0.1) is 29.4 Å². The first-order valence-corrected chi connectivity index (χ1v) is 20.3. The maximum atomic E-state index is 12.9. The van der Waals surface area contributed by atoms with Gasteiger partial charge in [-0.15, -0.1) is 0 Å². The molecule has 1 fully saturated rings. The van der Waals surface area contributed by atoms with Gasteiger partial charge in [-0.3, -0.25) is 4.99 Å². The number of rotatable bonds is 3. The van der Waals surface area contributed by atoms with Gasteiger partial charge in [0.15, 0.2) is 0 Å². The van der Waals surface area contributed by atoms with E-state index in [9.17, 15) is 13.2 Å². The van der Waals surface area contributed by atoms with E-state index in [2.05, 4.69) is 15.0 Å². The van der Waals surface area contributed by atoms with Crippen LogP contribution in [0.25, 0.3) is 11.0 Å². The summed E-state index contributed by atoms with van der Waals surface area (Å²) in [4.78, 5) is 11.4. The molecule has 0 amide bonds. The van der Waals surface area contributed by atoms with Crippen LogP contribution < -0.4 is 0 Å². The molecule has 0 radical (unpaired) electrons. The molecule has 0 unspecified atom stereocenters. The number of benzene rings is 2. The normalized spacial score (nSPS) is 13.5. The van der Waals surface area contributed by atoms with E-state index >= 15 is 0 Å². The number of hydrogen-bond donors (Lipinski definition) is 1. The second kappa shape index (κ2) is 13.8. The number of ether oxygens (including phenoxy) is 1. The van der Waals surface area contributed by atoms with Gasteiger partial charge in [0.1, 0.15) is 5.82 Å². The molecule has 0 saturated carbocycles. The molecule has 31 heavy (non-hydrogen) atoms. The van der Waals surface area contributed by atoms with Crippen molar-refractivity contribution in [1.82, 2.24) is 9.97 Å². The van der Waals surface area contributed by atoms with Gasteiger partial charge >= 0.3 is 51.5 Å². The Morgan fingerprint density at radius 3 is 2.23 bits per heavy atom. The Morgan fingerprint density at radius 1 is 1.03 bits per heavy atom. The number of hydrogen-bond acceptors (Lipinski definition) is 3. The average Bonchev–Trinajstić information content (AvgIpc) is 3.40. The summed E-state index contributed by atoms with van der Waals surface area (Å²) in [6, 6.07) is 12.9. The maximum absolute atomic E-state index is 12.9. The third kappa shape index (κ3) is 10.2. The van der Waals surface area contributed by atoms with Gasteiger partial charge in [0.25, 0.3) is 0 Å². The number of nitrogens with zero attached hydrogens (tertiary/aromatic N) is 2. The molecule has 4 rings (SSSR count). The Kier molecular flexibility index (Phi) is 11.8. The molecule has 0 spiro atoms. The summed E-state index contributed by atoms with van der Waals surface area (Å²) in [6.45, 7) is 1.95. The van der Waals surface area contributed by atoms with Crippen LogP contribution >= 0.6 is 22.0 Å². The van der Waals surface area contributed by atoms with Crippen molar-refractivity contribution in [3.05, 3.63) is 65.5 Å². The zero-order chi connectivity index (χ0) is 22.7. The summed E-state index contributed by atoms with van der Waals surface area (Å²) in [7, 11) is 15.0. The van der Waals surface area contributed by atoms with Crippen molar-refractivity contribution in [3.63, 3.8) is 0 Å². The average molecular weight is 571 g/mol. The van der Waals surface area contributed by atoms with Crippen molar-refractivity contribution >= 4 is 39.2 Å². The first kappa shape index (κ1) is 26.6. The van der Waals surface area contributed by atoms with E-state index < -0.39 is 35.1 Å². The summed E-state index contributed by atoms with van der Waals surface area (Å²) in [6.07, 6.45) is -0.362. The van der Waals surface area contributed by atoms with E-state index in [1.807, 2.05) is 24.3 Å². The molecule has 1 aliphatic rings. The number of para-hydroxylation sites is 2. The van der Waals surface area contributed by atoms with Gasteiger partial charge in [-0.2, -0.15) is 13.2 Å². The fourth-order valence-electron chi connectivity index (χ4n) is 2.71. The fourth-order valence-corrected chi connectivity index (χ4v) is 2.71. The molecule has 1 aromatic heterocycles. The minimum absolute atomic E-state index is 0.0489. The monoisotopic (exact) mass is 569 g/mol. The topological polar surface area (TPSA) is 50.3 Å². The zero-order valence-electron chi connectivity index (χ0n) is 16.4. The molecule has 1 aliphatic heterocycles. The third-order valence-electron chi connectivity index (χ3n) is 4.03. The first-order valence-electron chi connectivity index (χ1n) is 9.37. The van der Waals surface area contributed by atoms with Crippen molar-refractivity contribution < 1.29 is 41.2 Å². The minimum atomic E-state index is -4.37. The summed E-state index contributed by atoms with van der Waals surface area (Å²) in [5, 5.41) is 0. The molecule has 1 saturated heterocycles. The van der Waals surface area contributed by atoms with Crippen LogP contribution in [0.2, 0.25) is 0 Å². The number of aromatic nitrogens is 2. The molecule has 166 valence electrons. The van der Waals surface area contributed by atoms with E-state index in [0.717, 1.165) is 30.3 Å². The number of alkyl halides is 3. The van der Waals surface area contributed by atoms with Crippen LogP contribution in [0.1, 0.15) is 29.8 Å².